The third kappa shape index (κ3) is 5.28. The van der Waals surface area contributed by atoms with Gasteiger partial charge in [-0.05, 0) is 42.5 Å². The molecule has 0 fully saturated rings. The number of carbonyl (C=O) groups excluding carboxylic acids is 2. The standard InChI is InChI=1S/C21H16ClNO4S/c22-14-10-11-18(24)16(12-14)21(26)27-13-20(25)23-17-8-4-5-9-19(17)28-15-6-2-1-3-7-15/h1-12,24H,13H2,(H,23,25). The zero-order chi connectivity index (χ0) is 19.9. The number of phenolic OH excluding ortho intramolecular Hbond substituents is 1. The topological polar surface area (TPSA) is 75.6 Å². The van der Waals surface area contributed by atoms with Gasteiger partial charge in [-0.2, -0.15) is 0 Å². The van der Waals surface area contributed by atoms with Crippen molar-refractivity contribution in [1.29, 1.82) is 0 Å². The molecule has 3 aromatic rings. The molecule has 0 saturated carbocycles. The van der Waals surface area contributed by atoms with Gasteiger partial charge < -0.3 is 15.2 Å². The summed E-state index contributed by atoms with van der Waals surface area (Å²) in [5.41, 5.74) is 0.517. The van der Waals surface area contributed by atoms with Crippen LogP contribution in [-0.4, -0.2) is 23.6 Å². The molecule has 0 aliphatic rings. The molecule has 0 aliphatic carbocycles. The van der Waals surface area contributed by atoms with E-state index in [9.17, 15) is 14.7 Å². The zero-order valence-electron chi connectivity index (χ0n) is 14.6. The number of benzene rings is 3. The van der Waals surface area contributed by atoms with Crippen LogP contribution in [0.2, 0.25) is 5.02 Å². The van der Waals surface area contributed by atoms with E-state index >= 15 is 0 Å². The van der Waals surface area contributed by atoms with E-state index in [0.717, 1.165) is 9.79 Å². The maximum absolute atomic E-state index is 12.2. The Morgan fingerprint density at radius 3 is 2.50 bits per heavy atom. The quantitative estimate of drug-likeness (QED) is 0.556. The monoisotopic (exact) mass is 413 g/mol. The largest absolute Gasteiger partial charge is 0.507 e. The molecular formula is C21H16ClNO4S. The molecule has 0 atom stereocenters. The highest BCUT2D eigenvalue weighted by atomic mass is 35.5. The molecule has 142 valence electrons. The van der Waals surface area contributed by atoms with E-state index in [1.165, 1.54) is 30.0 Å². The average Bonchev–Trinajstić information content (AvgIpc) is 2.70. The fourth-order valence-corrected chi connectivity index (χ4v) is 3.44. The molecule has 0 bridgehead atoms. The van der Waals surface area contributed by atoms with Gasteiger partial charge in [0, 0.05) is 14.8 Å². The highest BCUT2D eigenvalue weighted by Gasteiger charge is 2.16. The molecule has 0 unspecified atom stereocenters. The lowest BCUT2D eigenvalue weighted by molar-refractivity contribution is -0.119. The number of aromatic hydroxyl groups is 1. The molecule has 0 aromatic heterocycles. The first-order valence-corrected chi connectivity index (χ1v) is 9.50. The van der Waals surface area contributed by atoms with Crippen molar-refractivity contribution in [1.82, 2.24) is 0 Å². The lowest BCUT2D eigenvalue weighted by Gasteiger charge is -2.11. The first-order valence-electron chi connectivity index (χ1n) is 8.30. The van der Waals surface area contributed by atoms with Crippen LogP contribution in [0.25, 0.3) is 0 Å². The maximum atomic E-state index is 12.2. The lowest BCUT2D eigenvalue weighted by atomic mass is 10.2. The average molecular weight is 414 g/mol. The molecule has 0 spiro atoms. The molecular weight excluding hydrogens is 398 g/mol. The SMILES string of the molecule is O=C(COC(=O)c1cc(Cl)ccc1O)Nc1ccccc1Sc1ccccc1. The number of para-hydroxylation sites is 1. The molecule has 0 heterocycles. The molecule has 3 aromatic carbocycles. The molecule has 7 heteroatoms. The Morgan fingerprint density at radius 1 is 1.00 bits per heavy atom. The van der Waals surface area contributed by atoms with Crippen LogP contribution < -0.4 is 5.32 Å². The van der Waals surface area contributed by atoms with Gasteiger partial charge in [-0.25, -0.2) is 4.79 Å². The highest BCUT2D eigenvalue weighted by Crippen LogP contribution is 2.33. The van der Waals surface area contributed by atoms with Crippen molar-refractivity contribution >= 4 is 40.9 Å². The zero-order valence-corrected chi connectivity index (χ0v) is 16.2. The minimum Gasteiger partial charge on any atom is -0.507 e. The number of ether oxygens (including phenoxy) is 1. The number of amides is 1. The van der Waals surface area contributed by atoms with Gasteiger partial charge in [-0.1, -0.05) is 53.7 Å². The lowest BCUT2D eigenvalue weighted by Crippen LogP contribution is -2.21. The summed E-state index contributed by atoms with van der Waals surface area (Å²) in [5.74, 6) is -1.59. The van der Waals surface area contributed by atoms with Crippen LogP contribution in [0.15, 0.2) is 82.6 Å². The van der Waals surface area contributed by atoms with Gasteiger partial charge in [-0.3, -0.25) is 4.79 Å². The van der Waals surface area contributed by atoms with Crippen LogP contribution in [0.1, 0.15) is 10.4 Å². The van der Waals surface area contributed by atoms with Gasteiger partial charge in [0.05, 0.1) is 5.69 Å². The van der Waals surface area contributed by atoms with Gasteiger partial charge in [0.15, 0.2) is 6.61 Å². The summed E-state index contributed by atoms with van der Waals surface area (Å²) in [5, 5.41) is 12.7. The van der Waals surface area contributed by atoms with Crippen LogP contribution in [0.4, 0.5) is 5.69 Å². The van der Waals surface area contributed by atoms with E-state index in [2.05, 4.69) is 5.32 Å². The van der Waals surface area contributed by atoms with Crippen LogP contribution in [-0.2, 0) is 9.53 Å². The summed E-state index contributed by atoms with van der Waals surface area (Å²) in [4.78, 5) is 26.2. The van der Waals surface area contributed by atoms with E-state index in [4.69, 9.17) is 16.3 Å². The summed E-state index contributed by atoms with van der Waals surface area (Å²) >= 11 is 7.33. The van der Waals surface area contributed by atoms with Gasteiger partial charge in [0.2, 0.25) is 0 Å². The predicted molar refractivity (Wildman–Crippen MR) is 109 cm³/mol. The second-order valence-electron chi connectivity index (χ2n) is 5.70. The Balaban J connectivity index is 1.62. The van der Waals surface area contributed by atoms with Crippen molar-refractivity contribution in [3.05, 3.63) is 83.4 Å². The normalized spacial score (nSPS) is 10.3. The van der Waals surface area contributed by atoms with Crippen LogP contribution >= 0.6 is 23.4 Å². The Labute approximate surface area is 171 Å². The number of esters is 1. The first kappa shape index (κ1) is 19.8. The molecule has 3 rings (SSSR count). The first-order chi connectivity index (χ1) is 13.5. The third-order valence-electron chi connectivity index (χ3n) is 3.65. The van der Waals surface area contributed by atoms with E-state index in [1.54, 1.807) is 12.1 Å². The van der Waals surface area contributed by atoms with Gasteiger partial charge in [0.1, 0.15) is 11.3 Å². The number of hydrogen-bond donors (Lipinski definition) is 2. The van der Waals surface area contributed by atoms with Crippen LogP contribution in [0.3, 0.4) is 0 Å². The minimum absolute atomic E-state index is 0.0969. The van der Waals surface area contributed by atoms with Crippen molar-refractivity contribution in [2.45, 2.75) is 9.79 Å². The number of hydrogen-bond acceptors (Lipinski definition) is 5. The summed E-state index contributed by atoms with van der Waals surface area (Å²) in [7, 11) is 0. The predicted octanol–water partition coefficient (Wildman–Crippen LogP) is 4.99. The fourth-order valence-electron chi connectivity index (χ4n) is 2.34. The van der Waals surface area contributed by atoms with Crippen molar-refractivity contribution in [2.24, 2.45) is 0 Å². The molecule has 2 N–H and O–H groups in total. The summed E-state index contributed by atoms with van der Waals surface area (Å²) in [6.07, 6.45) is 0. The number of phenols is 1. The molecule has 0 aliphatic heterocycles. The third-order valence-corrected chi connectivity index (χ3v) is 4.96. The second kappa shape index (κ2) is 9.30. The Bertz CT molecular complexity index is 995. The van der Waals surface area contributed by atoms with Crippen molar-refractivity contribution in [2.75, 3.05) is 11.9 Å². The summed E-state index contributed by atoms with van der Waals surface area (Å²) in [6, 6.07) is 21.1. The van der Waals surface area contributed by atoms with E-state index in [-0.39, 0.29) is 16.3 Å². The van der Waals surface area contributed by atoms with Crippen molar-refractivity contribution in [3.63, 3.8) is 0 Å². The number of nitrogens with one attached hydrogen (secondary N) is 1. The molecule has 28 heavy (non-hydrogen) atoms. The molecule has 1 amide bonds. The van der Waals surface area contributed by atoms with Crippen LogP contribution in [0.5, 0.6) is 5.75 Å². The number of carbonyl (C=O) groups is 2. The maximum Gasteiger partial charge on any atom is 0.342 e. The van der Waals surface area contributed by atoms with Gasteiger partial charge in [0.25, 0.3) is 5.91 Å². The second-order valence-corrected chi connectivity index (χ2v) is 7.25. The van der Waals surface area contributed by atoms with E-state index < -0.39 is 18.5 Å². The van der Waals surface area contributed by atoms with Gasteiger partial charge in [-0.15, -0.1) is 0 Å². The smallest absolute Gasteiger partial charge is 0.342 e. The van der Waals surface area contributed by atoms with Crippen molar-refractivity contribution in [3.8, 4) is 5.75 Å². The van der Waals surface area contributed by atoms with Crippen LogP contribution in [0, 0.1) is 0 Å². The Morgan fingerprint density at radius 2 is 1.71 bits per heavy atom. The fraction of sp³-hybridized carbons (Fsp3) is 0.0476. The van der Waals surface area contributed by atoms with E-state index in [1.807, 2.05) is 42.5 Å². The minimum atomic E-state index is -0.831. The summed E-state index contributed by atoms with van der Waals surface area (Å²) < 4.78 is 4.98. The Kier molecular flexibility index (Phi) is 6.57. The molecule has 0 radical (unpaired) electrons. The van der Waals surface area contributed by atoms with Gasteiger partial charge >= 0.3 is 5.97 Å². The molecule has 5 nitrogen and oxygen atoms in total. The number of anilines is 1. The highest BCUT2D eigenvalue weighted by molar-refractivity contribution is 7.99. The Hall–Kier alpha value is -2.96. The van der Waals surface area contributed by atoms with Crippen molar-refractivity contribution < 1.29 is 19.4 Å². The number of rotatable bonds is 6. The summed E-state index contributed by atoms with van der Waals surface area (Å²) in [6.45, 7) is -0.491. The molecule has 0 saturated heterocycles. The van der Waals surface area contributed by atoms with E-state index in [0.29, 0.717) is 5.69 Å². The number of halogens is 1.